The number of rotatable bonds is 22. The van der Waals surface area contributed by atoms with Gasteiger partial charge in [-0.15, -0.1) is 0 Å². The third-order valence-corrected chi connectivity index (χ3v) is 8.11. The van der Waals surface area contributed by atoms with Gasteiger partial charge in [0, 0.05) is 47.1 Å². The molecule has 0 spiro atoms. The Hall–Kier alpha value is -2.89. The molecule has 3 rings (SSSR count). The molecule has 1 aliphatic heterocycles. The average molecular weight is 551 g/mol. The molecular formula is C34H50N2O4. The normalized spacial score (nSPS) is 12.9. The zero-order chi connectivity index (χ0) is 28.6. The second kappa shape index (κ2) is 17.7. The molecule has 6 nitrogen and oxygen atoms in total. The summed E-state index contributed by atoms with van der Waals surface area (Å²) in [7, 11) is 0. The summed E-state index contributed by atoms with van der Waals surface area (Å²) in [4.78, 5) is 38.4. The molecule has 0 radical (unpaired) electrons. The molecule has 1 aliphatic rings. The number of amides is 2. The quantitative estimate of drug-likeness (QED) is 0.113. The molecule has 0 bridgehead atoms. The van der Waals surface area contributed by atoms with Gasteiger partial charge in [-0.1, -0.05) is 109 Å². The molecule has 0 unspecified atom stereocenters. The summed E-state index contributed by atoms with van der Waals surface area (Å²) in [6.07, 6.45) is 20.7. The number of hydrogen-bond donors (Lipinski definition) is 2. The molecule has 6 heteroatoms. The smallest absolute Gasteiger partial charge is 0.303 e. The Bertz CT molecular complexity index is 1070. The van der Waals surface area contributed by atoms with Crippen LogP contribution >= 0.6 is 0 Å². The van der Waals surface area contributed by atoms with Crippen LogP contribution in [0.3, 0.4) is 0 Å². The predicted molar refractivity (Wildman–Crippen MR) is 164 cm³/mol. The maximum atomic E-state index is 13.2. The van der Waals surface area contributed by atoms with E-state index >= 15 is 0 Å². The van der Waals surface area contributed by atoms with Crippen molar-refractivity contribution in [1.82, 2.24) is 4.90 Å². The Kier molecular flexibility index (Phi) is 14.0. The number of nitrogens with one attached hydrogen (secondary N) is 1. The van der Waals surface area contributed by atoms with Crippen molar-refractivity contribution in [2.45, 2.75) is 122 Å². The molecule has 40 heavy (non-hydrogen) atoms. The summed E-state index contributed by atoms with van der Waals surface area (Å²) < 4.78 is 0. The first-order valence-corrected chi connectivity index (χ1v) is 15.9. The Morgan fingerprint density at radius 1 is 0.700 bits per heavy atom. The lowest BCUT2D eigenvalue weighted by atomic mass is 9.92. The second-order valence-electron chi connectivity index (χ2n) is 11.4. The van der Waals surface area contributed by atoms with Crippen LogP contribution in [0.25, 0.3) is 10.8 Å². The number of carboxylic acid groups (broad SMARTS) is 1. The summed E-state index contributed by atoms with van der Waals surface area (Å²) in [6, 6.07) is 9.47. The number of carbonyl (C=O) groups excluding carboxylic acids is 2. The van der Waals surface area contributed by atoms with Gasteiger partial charge in [0.1, 0.15) is 0 Å². The van der Waals surface area contributed by atoms with Crippen molar-refractivity contribution in [3.8, 4) is 0 Å². The van der Waals surface area contributed by atoms with Gasteiger partial charge in [-0.05, 0) is 37.5 Å². The summed E-state index contributed by atoms with van der Waals surface area (Å²) in [5.41, 5.74) is 2.11. The molecule has 1 heterocycles. The van der Waals surface area contributed by atoms with Crippen LogP contribution in [0.2, 0.25) is 0 Å². The molecule has 0 aromatic heterocycles. The molecular weight excluding hydrogens is 500 g/mol. The van der Waals surface area contributed by atoms with Gasteiger partial charge in [0.15, 0.2) is 0 Å². The minimum absolute atomic E-state index is 0.110. The van der Waals surface area contributed by atoms with Crippen molar-refractivity contribution in [3.63, 3.8) is 0 Å². The first kappa shape index (κ1) is 31.6. The van der Waals surface area contributed by atoms with Crippen molar-refractivity contribution in [2.24, 2.45) is 0 Å². The van der Waals surface area contributed by atoms with E-state index in [0.29, 0.717) is 36.9 Å². The first-order chi connectivity index (χ1) is 19.5. The fourth-order valence-electron chi connectivity index (χ4n) is 5.77. The number of carboxylic acids is 1. The zero-order valence-electron chi connectivity index (χ0n) is 24.6. The molecule has 0 aliphatic carbocycles. The highest BCUT2D eigenvalue weighted by molar-refractivity contribution is 6.26. The van der Waals surface area contributed by atoms with E-state index in [1.165, 1.54) is 88.4 Å². The second-order valence-corrected chi connectivity index (χ2v) is 11.4. The van der Waals surface area contributed by atoms with Gasteiger partial charge in [0.05, 0.1) is 0 Å². The SMILES string of the molecule is CCCCCCCCCCCCCCCCNc1ccc2c3c(cccc13)C(=O)N(CCCCCC(=O)O)C2=O. The maximum absolute atomic E-state index is 13.2. The maximum Gasteiger partial charge on any atom is 0.303 e. The summed E-state index contributed by atoms with van der Waals surface area (Å²) in [5, 5.41) is 14.0. The number of nitrogens with zero attached hydrogens (tertiary/aromatic N) is 1. The molecule has 0 atom stereocenters. The van der Waals surface area contributed by atoms with E-state index in [1.54, 1.807) is 6.07 Å². The number of aliphatic carboxylic acids is 1. The Morgan fingerprint density at radius 3 is 1.85 bits per heavy atom. The first-order valence-electron chi connectivity index (χ1n) is 15.9. The predicted octanol–water partition coefficient (Wildman–Crippen LogP) is 8.97. The number of carbonyl (C=O) groups is 3. The van der Waals surface area contributed by atoms with Crippen LogP contribution in [0.4, 0.5) is 5.69 Å². The van der Waals surface area contributed by atoms with Crippen LogP contribution in [0.5, 0.6) is 0 Å². The standard InChI is InChI=1S/C34H50N2O4/c1-2-3-4-5-6-7-8-9-10-11-12-13-14-17-25-35-30-24-23-29-32-27(30)20-19-21-28(32)33(39)36(34(29)40)26-18-15-16-22-31(37)38/h19-21,23-24,35H,2-18,22,25-26H2,1H3,(H,37,38). The highest BCUT2D eigenvalue weighted by atomic mass is 16.4. The van der Waals surface area contributed by atoms with Crippen LogP contribution < -0.4 is 5.32 Å². The Labute approximate surface area is 240 Å². The zero-order valence-corrected chi connectivity index (χ0v) is 24.6. The number of hydrogen-bond acceptors (Lipinski definition) is 4. The number of unbranched alkanes of at least 4 members (excludes halogenated alkanes) is 15. The molecule has 2 N–H and O–H groups in total. The van der Waals surface area contributed by atoms with E-state index in [0.717, 1.165) is 29.4 Å². The third-order valence-electron chi connectivity index (χ3n) is 8.11. The monoisotopic (exact) mass is 550 g/mol. The van der Waals surface area contributed by atoms with Gasteiger partial charge in [-0.3, -0.25) is 19.3 Å². The van der Waals surface area contributed by atoms with Crippen LogP contribution in [0, 0.1) is 0 Å². The molecule has 0 fully saturated rings. The average Bonchev–Trinajstić information content (AvgIpc) is 2.95. The lowest BCUT2D eigenvalue weighted by molar-refractivity contribution is -0.137. The summed E-state index contributed by atoms with van der Waals surface area (Å²) in [6.45, 7) is 3.46. The summed E-state index contributed by atoms with van der Waals surface area (Å²) in [5.74, 6) is -1.34. The highest BCUT2D eigenvalue weighted by Gasteiger charge is 2.32. The van der Waals surface area contributed by atoms with Crippen LogP contribution in [-0.2, 0) is 4.79 Å². The molecule has 220 valence electrons. The van der Waals surface area contributed by atoms with Gasteiger partial charge in [0.2, 0.25) is 0 Å². The number of imide groups is 1. The van der Waals surface area contributed by atoms with E-state index < -0.39 is 5.97 Å². The van der Waals surface area contributed by atoms with E-state index in [2.05, 4.69) is 12.2 Å². The van der Waals surface area contributed by atoms with E-state index in [9.17, 15) is 14.4 Å². The van der Waals surface area contributed by atoms with Gasteiger partial charge in [-0.25, -0.2) is 0 Å². The van der Waals surface area contributed by atoms with Crippen LogP contribution in [0.15, 0.2) is 30.3 Å². The Balaban J connectivity index is 1.38. The molecule has 2 amide bonds. The molecule has 2 aromatic rings. The molecule has 0 saturated carbocycles. The van der Waals surface area contributed by atoms with Crippen molar-refractivity contribution in [3.05, 3.63) is 41.5 Å². The largest absolute Gasteiger partial charge is 0.481 e. The fourth-order valence-corrected chi connectivity index (χ4v) is 5.77. The van der Waals surface area contributed by atoms with Crippen molar-refractivity contribution in [1.29, 1.82) is 0 Å². The fraction of sp³-hybridized carbons (Fsp3) is 0.618. The van der Waals surface area contributed by atoms with Gasteiger partial charge in [0.25, 0.3) is 11.8 Å². The minimum atomic E-state index is -0.820. The Morgan fingerprint density at radius 2 is 1.25 bits per heavy atom. The topological polar surface area (TPSA) is 86.7 Å². The number of anilines is 1. The highest BCUT2D eigenvalue weighted by Crippen LogP contribution is 2.34. The van der Waals surface area contributed by atoms with Crippen molar-refractivity contribution >= 4 is 34.2 Å². The van der Waals surface area contributed by atoms with Gasteiger partial charge >= 0.3 is 5.97 Å². The van der Waals surface area contributed by atoms with E-state index in [4.69, 9.17) is 5.11 Å². The summed E-state index contributed by atoms with van der Waals surface area (Å²) >= 11 is 0. The minimum Gasteiger partial charge on any atom is -0.481 e. The van der Waals surface area contributed by atoms with Gasteiger partial charge < -0.3 is 10.4 Å². The van der Waals surface area contributed by atoms with Gasteiger partial charge in [-0.2, -0.15) is 0 Å². The third kappa shape index (κ3) is 9.64. The van der Waals surface area contributed by atoms with Crippen LogP contribution in [0.1, 0.15) is 143 Å². The van der Waals surface area contributed by atoms with Crippen molar-refractivity contribution in [2.75, 3.05) is 18.4 Å². The van der Waals surface area contributed by atoms with E-state index in [-0.39, 0.29) is 18.2 Å². The lowest BCUT2D eigenvalue weighted by Gasteiger charge is -2.28. The van der Waals surface area contributed by atoms with Crippen LogP contribution in [-0.4, -0.2) is 40.9 Å². The molecule has 0 saturated heterocycles. The van der Waals surface area contributed by atoms with E-state index in [1.807, 2.05) is 24.3 Å². The molecule has 2 aromatic carbocycles. The number of benzene rings is 2. The van der Waals surface area contributed by atoms with Crippen molar-refractivity contribution < 1.29 is 19.5 Å². The lowest BCUT2D eigenvalue weighted by Crippen LogP contribution is -2.40.